The molecule has 16 heavy (non-hydrogen) atoms. The lowest BCUT2D eigenvalue weighted by Gasteiger charge is -2.15. The van der Waals surface area contributed by atoms with Gasteiger partial charge in [-0.2, -0.15) is 0 Å². The molecule has 3 N–H and O–H groups in total. The summed E-state index contributed by atoms with van der Waals surface area (Å²) < 4.78 is 0. The zero-order chi connectivity index (χ0) is 12.1. The van der Waals surface area contributed by atoms with E-state index < -0.39 is 0 Å². The number of halogens is 1. The SMILES string of the molecule is CCC(CC)NC(=O)c1cccc(Cl)c1N. The molecular weight excluding hydrogens is 224 g/mol. The molecule has 1 amide bonds. The fourth-order valence-electron chi connectivity index (χ4n) is 1.49. The molecule has 0 unspecified atom stereocenters. The van der Waals surface area contributed by atoms with Crippen LogP contribution in [0.1, 0.15) is 37.0 Å². The molecule has 0 saturated carbocycles. The van der Waals surface area contributed by atoms with Crippen LogP contribution in [-0.2, 0) is 0 Å². The predicted molar refractivity (Wildman–Crippen MR) is 67.7 cm³/mol. The summed E-state index contributed by atoms with van der Waals surface area (Å²) in [6.07, 6.45) is 1.81. The van der Waals surface area contributed by atoms with E-state index in [9.17, 15) is 4.79 Å². The highest BCUT2D eigenvalue weighted by atomic mass is 35.5. The van der Waals surface area contributed by atoms with E-state index in [1.54, 1.807) is 18.2 Å². The van der Waals surface area contributed by atoms with Gasteiger partial charge >= 0.3 is 0 Å². The van der Waals surface area contributed by atoms with Crippen molar-refractivity contribution >= 4 is 23.2 Å². The molecule has 0 aliphatic rings. The molecule has 1 aromatic rings. The fraction of sp³-hybridized carbons (Fsp3) is 0.417. The van der Waals surface area contributed by atoms with Crippen LogP contribution in [0.15, 0.2) is 18.2 Å². The first-order valence-electron chi connectivity index (χ1n) is 5.45. The maximum Gasteiger partial charge on any atom is 0.253 e. The van der Waals surface area contributed by atoms with Crippen molar-refractivity contribution in [3.05, 3.63) is 28.8 Å². The Morgan fingerprint density at radius 2 is 2.06 bits per heavy atom. The Hall–Kier alpha value is -1.22. The van der Waals surface area contributed by atoms with Gasteiger partial charge in [0.1, 0.15) is 0 Å². The third-order valence-electron chi connectivity index (χ3n) is 2.62. The maximum atomic E-state index is 11.9. The Morgan fingerprint density at radius 3 is 2.62 bits per heavy atom. The molecule has 4 heteroatoms. The van der Waals surface area contributed by atoms with Crippen LogP contribution in [0, 0.1) is 0 Å². The Kier molecular flexibility index (Phi) is 4.62. The third-order valence-corrected chi connectivity index (χ3v) is 2.95. The maximum absolute atomic E-state index is 11.9. The highest BCUT2D eigenvalue weighted by Crippen LogP contribution is 2.22. The molecule has 0 saturated heterocycles. The van der Waals surface area contributed by atoms with Gasteiger partial charge < -0.3 is 11.1 Å². The van der Waals surface area contributed by atoms with Crippen LogP contribution < -0.4 is 11.1 Å². The van der Waals surface area contributed by atoms with Crippen LogP contribution in [0.3, 0.4) is 0 Å². The zero-order valence-corrected chi connectivity index (χ0v) is 10.3. The minimum Gasteiger partial charge on any atom is -0.397 e. The second kappa shape index (κ2) is 5.75. The molecule has 0 radical (unpaired) electrons. The monoisotopic (exact) mass is 240 g/mol. The number of para-hydroxylation sites is 1. The largest absolute Gasteiger partial charge is 0.397 e. The van der Waals surface area contributed by atoms with Crippen LogP contribution in [0.2, 0.25) is 5.02 Å². The summed E-state index contributed by atoms with van der Waals surface area (Å²) >= 11 is 5.86. The number of benzene rings is 1. The molecular formula is C12H17ClN2O. The summed E-state index contributed by atoms with van der Waals surface area (Å²) in [5, 5.41) is 3.34. The van der Waals surface area contributed by atoms with Gasteiger partial charge in [0.2, 0.25) is 0 Å². The van der Waals surface area contributed by atoms with Crippen LogP contribution in [-0.4, -0.2) is 11.9 Å². The van der Waals surface area contributed by atoms with Gasteiger partial charge in [-0.1, -0.05) is 31.5 Å². The van der Waals surface area contributed by atoms with Crippen molar-refractivity contribution in [3.63, 3.8) is 0 Å². The van der Waals surface area contributed by atoms with Crippen molar-refractivity contribution in [3.8, 4) is 0 Å². The molecule has 0 bridgehead atoms. The summed E-state index contributed by atoms with van der Waals surface area (Å²) in [7, 11) is 0. The number of carbonyl (C=O) groups excluding carboxylic acids is 1. The third kappa shape index (κ3) is 2.89. The predicted octanol–water partition coefficient (Wildman–Crippen LogP) is 2.84. The molecule has 0 aliphatic heterocycles. The molecule has 1 rings (SSSR count). The van der Waals surface area contributed by atoms with Gasteiger partial charge in [0, 0.05) is 6.04 Å². The highest BCUT2D eigenvalue weighted by molar-refractivity contribution is 6.33. The number of hydrogen-bond acceptors (Lipinski definition) is 2. The Balaban J connectivity index is 2.84. The van der Waals surface area contributed by atoms with Crippen molar-refractivity contribution in [1.29, 1.82) is 0 Å². The van der Waals surface area contributed by atoms with Crippen LogP contribution >= 0.6 is 11.6 Å². The van der Waals surface area contributed by atoms with E-state index in [2.05, 4.69) is 5.32 Å². The number of nitrogens with two attached hydrogens (primary N) is 1. The normalized spacial score (nSPS) is 10.5. The van der Waals surface area contributed by atoms with Crippen molar-refractivity contribution < 1.29 is 4.79 Å². The Labute approximate surface area is 101 Å². The first-order valence-corrected chi connectivity index (χ1v) is 5.82. The van der Waals surface area contributed by atoms with E-state index in [0.29, 0.717) is 16.3 Å². The van der Waals surface area contributed by atoms with Crippen molar-refractivity contribution in [2.75, 3.05) is 5.73 Å². The number of rotatable bonds is 4. The summed E-state index contributed by atoms with van der Waals surface area (Å²) in [4.78, 5) is 11.9. The van der Waals surface area contributed by atoms with Crippen molar-refractivity contribution in [1.82, 2.24) is 5.32 Å². The van der Waals surface area contributed by atoms with Gasteiger partial charge in [0.05, 0.1) is 16.3 Å². The quantitative estimate of drug-likeness (QED) is 0.796. The standard InChI is InChI=1S/C12H17ClN2O/c1-3-8(4-2)15-12(16)9-6-5-7-10(13)11(9)14/h5-8H,3-4,14H2,1-2H3,(H,15,16). The molecule has 0 aliphatic carbocycles. The van der Waals surface area contributed by atoms with Crippen LogP contribution in [0.5, 0.6) is 0 Å². The minimum atomic E-state index is -0.159. The Morgan fingerprint density at radius 1 is 1.44 bits per heavy atom. The molecule has 3 nitrogen and oxygen atoms in total. The van der Waals surface area contributed by atoms with Crippen LogP contribution in [0.4, 0.5) is 5.69 Å². The number of anilines is 1. The molecule has 1 aromatic carbocycles. The first kappa shape index (κ1) is 12.8. The van der Waals surface area contributed by atoms with Crippen LogP contribution in [0.25, 0.3) is 0 Å². The lowest BCUT2D eigenvalue weighted by atomic mass is 10.1. The van der Waals surface area contributed by atoms with E-state index in [1.165, 1.54) is 0 Å². The molecule has 0 aromatic heterocycles. The van der Waals surface area contributed by atoms with E-state index in [0.717, 1.165) is 12.8 Å². The van der Waals surface area contributed by atoms with Gasteiger partial charge in [0.25, 0.3) is 5.91 Å². The smallest absolute Gasteiger partial charge is 0.253 e. The summed E-state index contributed by atoms with van der Waals surface area (Å²) in [6, 6.07) is 5.26. The summed E-state index contributed by atoms with van der Waals surface area (Å²) in [5.74, 6) is -0.159. The Bertz CT molecular complexity index is 375. The van der Waals surface area contributed by atoms with E-state index in [1.807, 2.05) is 13.8 Å². The molecule has 0 spiro atoms. The zero-order valence-electron chi connectivity index (χ0n) is 9.59. The molecule has 0 heterocycles. The average Bonchev–Trinajstić information content (AvgIpc) is 2.29. The second-order valence-corrected chi connectivity index (χ2v) is 4.10. The average molecular weight is 241 g/mol. The topological polar surface area (TPSA) is 55.1 Å². The van der Waals surface area contributed by atoms with E-state index in [4.69, 9.17) is 17.3 Å². The molecule has 88 valence electrons. The summed E-state index contributed by atoms with van der Waals surface area (Å²) in [6.45, 7) is 4.07. The lowest BCUT2D eigenvalue weighted by Crippen LogP contribution is -2.34. The number of nitrogen functional groups attached to an aromatic ring is 1. The van der Waals surface area contributed by atoms with Gasteiger partial charge in [-0.3, -0.25) is 4.79 Å². The number of nitrogens with one attached hydrogen (secondary N) is 1. The van der Waals surface area contributed by atoms with Gasteiger partial charge in [-0.05, 0) is 25.0 Å². The van der Waals surface area contributed by atoms with Crippen molar-refractivity contribution in [2.45, 2.75) is 32.7 Å². The van der Waals surface area contributed by atoms with Gasteiger partial charge in [-0.25, -0.2) is 0 Å². The second-order valence-electron chi connectivity index (χ2n) is 3.69. The van der Waals surface area contributed by atoms with Crippen molar-refractivity contribution in [2.24, 2.45) is 0 Å². The van der Waals surface area contributed by atoms with Gasteiger partial charge in [-0.15, -0.1) is 0 Å². The first-order chi connectivity index (χ1) is 7.60. The van der Waals surface area contributed by atoms with Gasteiger partial charge in [0.15, 0.2) is 0 Å². The number of hydrogen-bond donors (Lipinski definition) is 2. The molecule has 0 atom stereocenters. The lowest BCUT2D eigenvalue weighted by molar-refractivity contribution is 0.0936. The fourth-order valence-corrected chi connectivity index (χ4v) is 1.67. The molecule has 0 fully saturated rings. The number of amides is 1. The highest BCUT2D eigenvalue weighted by Gasteiger charge is 2.14. The minimum absolute atomic E-state index is 0.159. The number of carbonyl (C=O) groups is 1. The van der Waals surface area contributed by atoms with E-state index >= 15 is 0 Å². The van der Waals surface area contributed by atoms with E-state index in [-0.39, 0.29) is 11.9 Å². The summed E-state index contributed by atoms with van der Waals surface area (Å²) in [5.41, 5.74) is 6.53.